The summed E-state index contributed by atoms with van der Waals surface area (Å²) < 4.78 is 29.7. The Morgan fingerprint density at radius 1 is 0.852 bits per heavy atom. The van der Waals surface area contributed by atoms with Crippen molar-refractivity contribution >= 4 is 11.3 Å². The van der Waals surface area contributed by atoms with Crippen molar-refractivity contribution in [2.24, 2.45) is 0 Å². The van der Waals surface area contributed by atoms with Crippen LogP contribution >= 0.6 is 11.3 Å². The first-order chi connectivity index (χ1) is 13.2. The van der Waals surface area contributed by atoms with E-state index in [4.69, 9.17) is 0 Å². The van der Waals surface area contributed by atoms with Crippen LogP contribution in [0.25, 0.3) is 21.6 Å². The van der Waals surface area contributed by atoms with Gasteiger partial charge in [-0.25, -0.2) is 8.78 Å². The van der Waals surface area contributed by atoms with E-state index in [0.29, 0.717) is 17.0 Å². The first-order valence-corrected chi connectivity index (χ1v) is 10.7. The predicted octanol–water partition coefficient (Wildman–Crippen LogP) is 7.97. The molecule has 27 heavy (non-hydrogen) atoms. The molecule has 3 heteroatoms. The third-order valence-corrected chi connectivity index (χ3v) is 6.82. The lowest BCUT2D eigenvalue weighted by Gasteiger charge is -2.09. The molecular weight excluding hydrogens is 358 g/mol. The maximum Gasteiger partial charge on any atom is 0.168 e. The second-order valence-electron chi connectivity index (χ2n) is 7.42. The highest BCUT2D eigenvalue weighted by molar-refractivity contribution is 7.15. The molecule has 1 aromatic heterocycles. The molecule has 1 saturated carbocycles. The third kappa shape index (κ3) is 3.70. The molecular formula is C24H24F2S. The van der Waals surface area contributed by atoms with E-state index in [1.54, 1.807) is 23.5 Å². The van der Waals surface area contributed by atoms with Gasteiger partial charge in [-0.15, -0.1) is 11.3 Å². The average Bonchev–Trinajstić information content (AvgIpc) is 3.36. The summed E-state index contributed by atoms with van der Waals surface area (Å²) in [6, 6.07) is 15.2. The van der Waals surface area contributed by atoms with Gasteiger partial charge in [0.05, 0.1) is 0 Å². The lowest BCUT2D eigenvalue weighted by Crippen LogP contribution is -1.93. The highest BCUT2D eigenvalue weighted by Crippen LogP contribution is 2.41. The minimum absolute atomic E-state index is 0.326. The van der Waals surface area contributed by atoms with E-state index in [9.17, 15) is 8.78 Å². The highest BCUT2D eigenvalue weighted by atomic mass is 32.1. The molecule has 0 aliphatic heterocycles. The van der Waals surface area contributed by atoms with Crippen molar-refractivity contribution in [3.8, 4) is 21.6 Å². The number of hydrogen-bond acceptors (Lipinski definition) is 1. The summed E-state index contributed by atoms with van der Waals surface area (Å²) in [5, 5.41) is 0. The van der Waals surface area contributed by atoms with Gasteiger partial charge in [-0.2, -0.15) is 0 Å². The van der Waals surface area contributed by atoms with Gasteiger partial charge in [-0.05, 0) is 54.5 Å². The van der Waals surface area contributed by atoms with Gasteiger partial charge in [0, 0.05) is 20.9 Å². The van der Waals surface area contributed by atoms with Gasteiger partial charge in [0.25, 0.3) is 0 Å². The molecule has 0 spiro atoms. The van der Waals surface area contributed by atoms with Gasteiger partial charge in [0.2, 0.25) is 0 Å². The molecule has 0 unspecified atom stereocenters. The van der Waals surface area contributed by atoms with Crippen molar-refractivity contribution in [3.05, 3.63) is 70.6 Å². The third-order valence-electron chi connectivity index (χ3n) is 5.54. The van der Waals surface area contributed by atoms with Crippen LogP contribution in [0, 0.1) is 11.6 Å². The summed E-state index contributed by atoms with van der Waals surface area (Å²) in [6.07, 6.45) is 7.03. The van der Waals surface area contributed by atoms with E-state index >= 15 is 0 Å². The molecule has 4 rings (SSSR count). The zero-order chi connectivity index (χ0) is 18.8. The quantitative estimate of drug-likeness (QED) is 0.420. The maximum atomic E-state index is 14.9. The summed E-state index contributed by atoms with van der Waals surface area (Å²) in [4.78, 5) is 2.12. The molecule has 1 aliphatic rings. The lowest BCUT2D eigenvalue weighted by molar-refractivity contribution is 0.514. The maximum absolute atomic E-state index is 14.9. The summed E-state index contributed by atoms with van der Waals surface area (Å²) in [7, 11) is 0. The van der Waals surface area contributed by atoms with Crippen LogP contribution in [0.1, 0.15) is 55.4 Å². The van der Waals surface area contributed by atoms with E-state index in [2.05, 4.69) is 13.0 Å². The zero-order valence-electron chi connectivity index (χ0n) is 15.6. The Bertz CT molecular complexity index is 918. The van der Waals surface area contributed by atoms with Gasteiger partial charge in [0.15, 0.2) is 11.6 Å². The molecule has 1 aliphatic carbocycles. The first-order valence-electron chi connectivity index (χ1n) is 9.84. The Morgan fingerprint density at radius 3 is 2.22 bits per heavy atom. The number of halogens is 2. The average molecular weight is 383 g/mol. The van der Waals surface area contributed by atoms with Crippen LogP contribution in [0.2, 0.25) is 0 Å². The fraction of sp³-hybridized carbons (Fsp3) is 0.333. The van der Waals surface area contributed by atoms with Crippen LogP contribution < -0.4 is 0 Å². The van der Waals surface area contributed by atoms with E-state index < -0.39 is 11.6 Å². The molecule has 1 heterocycles. The molecule has 0 N–H and O–H groups in total. The molecule has 2 aromatic carbocycles. The van der Waals surface area contributed by atoms with Gasteiger partial charge < -0.3 is 0 Å². The zero-order valence-corrected chi connectivity index (χ0v) is 16.4. The van der Waals surface area contributed by atoms with E-state index in [-0.39, 0.29) is 0 Å². The Labute approximate surface area is 163 Å². The largest absolute Gasteiger partial charge is 0.203 e. The van der Waals surface area contributed by atoms with Gasteiger partial charge in [0.1, 0.15) is 0 Å². The minimum atomic E-state index is -0.758. The van der Waals surface area contributed by atoms with E-state index in [0.717, 1.165) is 23.3 Å². The normalized spacial score (nSPS) is 14.8. The molecule has 1 fully saturated rings. The van der Waals surface area contributed by atoms with Gasteiger partial charge in [-0.3, -0.25) is 0 Å². The molecule has 3 aromatic rings. The molecule has 0 amide bonds. The Morgan fingerprint density at radius 2 is 1.52 bits per heavy atom. The van der Waals surface area contributed by atoms with Crippen LogP contribution in [0.5, 0.6) is 0 Å². The fourth-order valence-corrected chi connectivity index (χ4v) is 5.23. The summed E-state index contributed by atoms with van der Waals surface area (Å²) in [6.45, 7) is 2.13. The van der Waals surface area contributed by atoms with Crippen LogP contribution in [0.4, 0.5) is 8.78 Å². The van der Waals surface area contributed by atoms with Crippen LogP contribution in [0.3, 0.4) is 0 Å². The highest BCUT2D eigenvalue weighted by Gasteiger charge is 2.21. The number of benzene rings is 2. The van der Waals surface area contributed by atoms with Crippen LogP contribution in [-0.4, -0.2) is 0 Å². The molecule has 0 bridgehead atoms. The number of hydrogen-bond donors (Lipinski definition) is 0. The van der Waals surface area contributed by atoms with Crippen molar-refractivity contribution in [1.29, 1.82) is 0 Å². The summed E-state index contributed by atoms with van der Waals surface area (Å²) >= 11 is 1.61. The van der Waals surface area contributed by atoms with E-state index in [1.165, 1.54) is 36.1 Å². The second kappa shape index (κ2) is 7.93. The lowest BCUT2D eigenvalue weighted by atomic mass is 9.99. The van der Waals surface area contributed by atoms with Gasteiger partial charge >= 0.3 is 0 Å². The smallest absolute Gasteiger partial charge is 0.168 e. The van der Waals surface area contributed by atoms with Crippen molar-refractivity contribution in [3.63, 3.8) is 0 Å². The van der Waals surface area contributed by atoms with Crippen LogP contribution in [0.15, 0.2) is 48.5 Å². The monoisotopic (exact) mass is 382 g/mol. The Balaban J connectivity index is 1.64. The number of aryl methyl sites for hydroxylation is 1. The summed E-state index contributed by atoms with van der Waals surface area (Å²) in [5.41, 5.74) is 2.63. The molecule has 0 radical (unpaired) electrons. The SMILES string of the molecule is CCCc1ccc(-c2ccc(-c3ccc(C4CCCC4)s3)c(F)c2F)cc1. The molecule has 0 saturated heterocycles. The fourth-order valence-electron chi connectivity index (χ4n) is 4.03. The standard InChI is InChI=1S/C24H24F2S/c1-2-5-16-8-10-17(11-9-16)19-12-13-20(24(26)23(19)25)22-15-14-21(27-22)18-6-3-4-7-18/h8-15,18H,2-7H2,1H3. The summed E-state index contributed by atoms with van der Waals surface area (Å²) in [5.74, 6) is -0.908. The number of rotatable bonds is 5. The van der Waals surface area contributed by atoms with Crippen molar-refractivity contribution in [2.45, 2.75) is 51.4 Å². The second-order valence-corrected chi connectivity index (χ2v) is 8.53. The first kappa shape index (κ1) is 18.4. The van der Waals surface area contributed by atoms with E-state index in [1.807, 2.05) is 30.3 Å². The van der Waals surface area contributed by atoms with Crippen molar-refractivity contribution < 1.29 is 8.78 Å². The molecule has 0 atom stereocenters. The van der Waals surface area contributed by atoms with Crippen molar-refractivity contribution in [2.75, 3.05) is 0 Å². The Kier molecular flexibility index (Phi) is 5.40. The topological polar surface area (TPSA) is 0 Å². The van der Waals surface area contributed by atoms with Crippen LogP contribution in [-0.2, 0) is 6.42 Å². The number of thiophene rings is 1. The molecule has 0 nitrogen and oxygen atoms in total. The molecule has 140 valence electrons. The Hall–Kier alpha value is -2.00. The predicted molar refractivity (Wildman–Crippen MR) is 110 cm³/mol. The minimum Gasteiger partial charge on any atom is -0.203 e. The van der Waals surface area contributed by atoms with Crippen molar-refractivity contribution in [1.82, 2.24) is 0 Å². The van der Waals surface area contributed by atoms with Gasteiger partial charge in [-0.1, -0.05) is 56.5 Å².